The first-order chi connectivity index (χ1) is 9.25. The second-order valence-electron chi connectivity index (χ2n) is 6.73. The number of aromatic hydroxyl groups is 1. The minimum atomic E-state index is -0.0552. The van der Waals surface area contributed by atoms with E-state index in [-0.39, 0.29) is 12.0 Å². The maximum Gasteiger partial charge on any atom is 0.122 e. The fraction of sp³-hybridized carbons (Fsp3) is 0.647. The molecule has 0 fully saturated rings. The van der Waals surface area contributed by atoms with Crippen molar-refractivity contribution in [1.82, 2.24) is 4.90 Å². The molecule has 1 aromatic carbocycles. The average molecular weight is 279 g/mol. The summed E-state index contributed by atoms with van der Waals surface area (Å²) in [4.78, 5) is 2.26. The summed E-state index contributed by atoms with van der Waals surface area (Å²) in [5.74, 6) is 0.421. The molecule has 114 valence electrons. The van der Waals surface area contributed by atoms with Crippen LogP contribution in [-0.4, -0.2) is 35.3 Å². The minimum absolute atomic E-state index is 0.0552. The Balaban J connectivity index is 2.84. The molecule has 0 amide bonds. The van der Waals surface area contributed by atoms with Gasteiger partial charge in [-0.05, 0) is 55.5 Å². The van der Waals surface area contributed by atoms with E-state index in [1.54, 1.807) is 0 Å². The van der Waals surface area contributed by atoms with Crippen molar-refractivity contribution >= 4 is 0 Å². The molecular weight excluding hydrogens is 250 g/mol. The molecule has 1 aromatic rings. The van der Waals surface area contributed by atoms with Gasteiger partial charge in [0, 0.05) is 13.2 Å². The Bertz CT molecular complexity index is 435. The second kappa shape index (κ2) is 7.09. The van der Waals surface area contributed by atoms with E-state index in [0.29, 0.717) is 5.75 Å². The summed E-state index contributed by atoms with van der Waals surface area (Å²) >= 11 is 0. The summed E-state index contributed by atoms with van der Waals surface area (Å²) in [5.41, 5.74) is 3.13. The van der Waals surface area contributed by atoms with Crippen molar-refractivity contribution in [3.05, 3.63) is 28.8 Å². The number of unbranched alkanes of at least 4 members (excludes halogenated alkanes) is 1. The summed E-state index contributed by atoms with van der Waals surface area (Å²) in [6, 6.07) is 4.18. The van der Waals surface area contributed by atoms with E-state index < -0.39 is 0 Å². The van der Waals surface area contributed by atoms with E-state index in [2.05, 4.69) is 44.9 Å². The number of aliphatic hydroxyl groups is 1. The highest BCUT2D eigenvalue weighted by Gasteiger charge is 2.20. The molecule has 3 nitrogen and oxygen atoms in total. The van der Waals surface area contributed by atoms with Gasteiger partial charge in [-0.15, -0.1) is 0 Å². The van der Waals surface area contributed by atoms with Crippen molar-refractivity contribution in [3.63, 3.8) is 0 Å². The molecule has 0 saturated carbocycles. The Kier molecular flexibility index (Phi) is 6.03. The number of aryl methyl sites for hydroxylation is 1. The third kappa shape index (κ3) is 4.80. The third-order valence-electron chi connectivity index (χ3n) is 3.57. The van der Waals surface area contributed by atoms with Crippen LogP contribution in [0.25, 0.3) is 0 Å². The van der Waals surface area contributed by atoms with Crippen LogP contribution in [0.15, 0.2) is 12.1 Å². The molecule has 1 rings (SSSR count). The molecule has 0 aromatic heterocycles. The highest BCUT2D eigenvalue weighted by atomic mass is 16.3. The molecule has 0 heterocycles. The lowest BCUT2D eigenvalue weighted by Gasteiger charge is -2.24. The van der Waals surface area contributed by atoms with Gasteiger partial charge in [0.1, 0.15) is 5.75 Å². The largest absolute Gasteiger partial charge is 0.507 e. The second-order valence-corrected chi connectivity index (χ2v) is 6.73. The molecule has 0 spiro atoms. The van der Waals surface area contributed by atoms with E-state index in [1.165, 1.54) is 5.56 Å². The number of hydrogen-bond acceptors (Lipinski definition) is 3. The van der Waals surface area contributed by atoms with Crippen molar-refractivity contribution in [3.8, 4) is 5.75 Å². The zero-order chi connectivity index (χ0) is 15.3. The first kappa shape index (κ1) is 17.0. The van der Waals surface area contributed by atoms with Crippen molar-refractivity contribution < 1.29 is 10.2 Å². The number of rotatable bonds is 6. The molecule has 0 aliphatic heterocycles. The number of nitrogens with zero attached hydrogens (tertiary/aromatic N) is 1. The molecule has 0 aliphatic carbocycles. The van der Waals surface area contributed by atoms with Crippen LogP contribution in [-0.2, 0) is 12.0 Å². The maximum absolute atomic E-state index is 10.2. The predicted octanol–water partition coefficient (Wildman–Crippen LogP) is 3.20. The predicted molar refractivity (Wildman–Crippen MR) is 84.2 cm³/mol. The fourth-order valence-electron chi connectivity index (χ4n) is 2.40. The van der Waals surface area contributed by atoms with Crippen LogP contribution in [0, 0.1) is 6.92 Å². The molecular formula is C17H29NO2. The standard InChI is InChI=1S/C17H29NO2/c1-13-10-14(12-18(5)8-6-7-9-19)11-15(16(13)20)17(2,3)4/h10-11,19-20H,6-9,12H2,1-5H3. The van der Waals surface area contributed by atoms with Crippen molar-refractivity contribution in [1.29, 1.82) is 0 Å². The molecule has 0 bridgehead atoms. The zero-order valence-corrected chi connectivity index (χ0v) is 13.5. The van der Waals surface area contributed by atoms with Crippen molar-refractivity contribution in [2.75, 3.05) is 20.2 Å². The number of hydrogen-bond donors (Lipinski definition) is 2. The summed E-state index contributed by atoms with van der Waals surface area (Å²) < 4.78 is 0. The first-order valence-electron chi connectivity index (χ1n) is 7.38. The van der Waals surface area contributed by atoms with Gasteiger partial charge in [0.2, 0.25) is 0 Å². The Labute approximate surface area is 123 Å². The van der Waals surface area contributed by atoms with Crippen molar-refractivity contribution in [2.45, 2.75) is 52.5 Å². The Hall–Kier alpha value is -1.06. The van der Waals surface area contributed by atoms with Crippen LogP contribution in [0.3, 0.4) is 0 Å². The smallest absolute Gasteiger partial charge is 0.122 e. The molecule has 0 unspecified atom stereocenters. The van der Waals surface area contributed by atoms with E-state index in [0.717, 1.165) is 37.1 Å². The van der Waals surface area contributed by atoms with Crippen LogP contribution in [0.2, 0.25) is 0 Å². The highest BCUT2D eigenvalue weighted by molar-refractivity contribution is 5.46. The number of aliphatic hydroxyl groups excluding tert-OH is 1. The SMILES string of the molecule is Cc1cc(CN(C)CCCCO)cc(C(C)(C)C)c1O. The number of phenolic OH excluding ortho intramolecular Hbond substituents is 1. The summed E-state index contributed by atoms with van der Waals surface area (Å²) in [6.07, 6.45) is 1.86. The summed E-state index contributed by atoms with van der Waals surface area (Å²) in [6.45, 7) is 10.4. The van der Waals surface area contributed by atoms with Gasteiger partial charge in [-0.25, -0.2) is 0 Å². The molecule has 3 heteroatoms. The van der Waals surface area contributed by atoms with Gasteiger partial charge in [0.15, 0.2) is 0 Å². The topological polar surface area (TPSA) is 43.7 Å². The minimum Gasteiger partial charge on any atom is -0.507 e. The van der Waals surface area contributed by atoms with E-state index in [1.807, 2.05) is 6.92 Å². The molecule has 0 saturated heterocycles. The van der Waals surface area contributed by atoms with Gasteiger partial charge >= 0.3 is 0 Å². The lowest BCUT2D eigenvalue weighted by molar-refractivity contribution is 0.261. The average Bonchev–Trinajstić information content (AvgIpc) is 2.32. The highest BCUT2D eigenvalue weighted by Crippen LogP contribution is 2.34. The monoisotopic (exact) mass is 279 g/mol. The van der Waals surface area contributed by atoms with Gasteiger partial charge in [-0.1, -0.05) is 32.9 Å². The van der Waals surface area contributed by atoms with Crippen LogP contribution in [0.5, 0.6) is 5.75 Å². The van der Waals surface area contributed by atoms with Crippen LogP contribution in [0.1, 0.15) is 50.3 Å². The van der Waals surface area contributed by atoms with Crippen LogP contribution >= 0.6 is 0 Å². The van der Waals surface area contributed by atoms with Gasteiger partial charge in [-0.2, -0.15) is 0 Å². The van der Waals surface area contributed by atoms with E-state index >= 15 is 0 Å². The normalized spacial score (nSPS) is 12.2. The van der Waals surface area contributed by atoms with E-state index in [9.17, 15) is 5.11 Å². The Morgan fingerprint density at radius 1 is 1.15 bits per heavy atom. The maximum atomic E-state index is 10.2. The molecule has 0 aliphatic rings. The number of benzene rings is 1. The summed E-state index contributed by atoms with van der Waals surface area (Å²) in [7, 11) is 2.09. The van der Waals surface area contributed by atoms with Gasteiger partial charge < -0.3 is 15.1 Å². The molecule has 0 radical (unpaired) electrons. The summed E-state index contributed by atoms with van der Waals surface area (Å²) in [5, 5.41) is 19.0. The van der Waals surface area contributed by atoms with Crippen molar-refractivity contribution in [2.24, 2.45) is 0 Å². The van der Waals surface area contributed by atoms with Gasteiger partial charge in [0.05, 0.1) is 0 Å². The number of phenols is 1. The van der Waals surface area contributed by atoms with Gasteiger partial charge in [-0.3, -0.25) is 0 Å². The lowest BCUT2D eigenvalue weighted by atomic mass is 9.84. The Morgan fingerprint density at radius 3 is 2.35 bits per heavy atom. The first-order valence-corrected chi connectivity index (χ1v) is 7.38. The third-order valence-corrected chi connectivity index (χ3v) is 3.57. The lowest BCUT2D eigenvalue weighted by Crippen LogP contribution is -2.20. The van der Waals surface area contributed by atoms with Gasteiger partial charge in [0.25, 0.3) is 0 Å². The molecule has 2 N–H and O–H groups in total. The van der Waals surface area contributed by atoms with Crippen LogP contribution in [0.4, 0.5) is 0 Å². The Morgan fingerprint density at radius 2 is 1.80 bits per heavy atom. The van der Waals surface area contributed by atoms with Crippen LogP contribution < -0.4 is 0 Å². The quantitative estimate of drug-likeness (QED) is 0.786. The zero-order valence-electron chi connectivity index (χ0n) is 13.5. The molecule has 20 heavy (non-hydrogen) atoms. The molecule has 0 atom stereocenters. The van der Waals surface area contributed by atoms with E-state index in [4.69, 9.17) is 5.11 Å². The fourth-order valence-corrected chi connectivity index (χ4v) is 2.40.